The molecule has 0 atom stereocenters. The van der Waals surface area contributed by atoms with Gasteiger partial charge in [-0.05, 0) is 6.42 Å². The van der Waals surface area contributed by atoms with Gasteiger partial charge in [0.25, 0.3) is 0 Å². The average Bonchev–Trinajstić information content (AvgIpc) is 2.86. The maximum Gasteiger partial charge on any atom is 0.433 e. The van der Waals surface area contributed by atoms with Crippen LogP contribution < -0.4 is 11.1 Å². The molecule has 0 fully saturated rings. The van der Waals surface area contributed by atoms with Gasteiger partial charge in [0.1, 0.15) is 5.82 Å². The van der Waals surface area contributed by atoms with E-state index in [0.29, 0.717) is 19.5 Å². The molecule has 0 amide bonds. The van der Waals surface area contributed by atoms with E-state index in [9.17, 15) is 13.2 Å². The maximum atomic E-state index is 12.5. The average molecular weight is 286 g/mol. The van der Waals surface area contributed by atoms with E-state index >= 15 is 0 Å². The van der Waals surface area contributed by atoms with Gasteiger partial charge < -0.3 is 15.6 Å². The van der Waals surface area contributed by atoms with E-state index in [0.717, 1.165) is 6.07 Å². The number of nitrogens with zero attached hydrogens (tertiary/aromatic N) is 4. The summed E-state index contributed by atoms with van der Waals surface area (Å²) < 4.78 is 39.5. The van der Waals surface area contributed by atoms with Gasteiger partial charge in [0.05, 0.1) is 6.33 Å². The van der Waals surface area contributed by atoms with E-state index in [4.69, 9.17) is 5.73 Å². The van der Waals surface area contributed by atoms with Crippen molar-refractivity contribution in [2.24, 2.45) is 0 Å². The molecule has 0 aliphatic carbocycles. The Labute approximate surface area is 112 Å². The number of nitrogens with one attached hydrogen (secondary N) is 1. The first-order valence-electron chi connectivity index (χ1n) is 5.86. The summed E-state index contributed by atoms with van der Waals surface area (Å²) in [6.45, 7) is 1.17. The third-order valence-corrected chi connectivity index (χ3v) is 2.49. The Morgan fingerprint density at radius 1 is 1.30 bits per heavy atom. The number of nitrogens with two attached hydrogens (primary N) is 1. The first-order chi connectivity index (χ1) is 9.45. The van der Waals surface area contributed by atoms with Gasteiger partial charge in [0, 0.05) is 31.5 Å². The highest BCUT2D eigenvalue weighted by atomic mass is 19.4. The SMILES string of the molecule is Nc1nc(NCCCn2ccnc2)cc(C(F)(F)F)n1. The van der Waals surface area contributed by atoms with Gasteiger partial charge in [0.15, 0.2) is 5.69 Å². The minimum Gasteiger partial charge on any atom is -0.370 e. The summed E-state index contributed by atoms with van der Waals surface area (Å²) in [6, 6.07) is 0.841. The van der Waals surface area contributed by atoms with E-state index in [2.05, 4.69) is 20.3 Å². The number of rotatable bonds is 5. The molecule has 0 aliphatic rings. The zero-order valence-corrected chi connectivity index (χ0v) is 10.4. The van der Waals surface area contributed by atoms with Gasteiger partial charge in [-0.25, -0.2) is 9.97 Å². The predicted octanol–water partition coefficient (Wildman–Crippen LogP) is 1.78. The lowest BCUT2D eigenvalue weighted by Gasteiger charge is -2.10. The van der Waals surface area contributed by atoms with Gasteiger partial charge in [-0.3, -0.25) is 0 Å². The van der Waals surface area contributed by atoms with Crippen LogP contribution in [-0.2, 0) is 12.7 Å². The third-order valence-electron chi connectivity index (χ3n) is 2.49. The van der Waals surface area contributed by atoms with Crippen LogP contribution in [-0.4, -0.2) is 26.1 Å². The fourth-order valence-corrected chi connectivity index (χ4v) is 1.60. The number of hydrogen-bond acceptors (Lipinski definition) is 5. The molecule has 0 saturated heterocycles. The van der Waals surface area contributed by atoms with Crippen molar-refractivity contribution in [3.8, 4) is 0 Å². The first kappa shape index (κ1) is 14.1. The fraction of sp³-hybridized carbons (Fsp3) is 0.364. The van der Waals surface area contributed by atoms with Crippen LogP contribution in [0.15, 0.2) is 24.8 Å². The monoisotopic (exact) mass is 286 g/mol. The highest BCUT2D eigenvalue weighted by molar-refractivity contribution is 5.41. The number of anilines is 2. The van der Waals surface area contributed by atoms with Crippen LogP contribution in [0.5, 0.6) is 0 Å². The number of halogens is 3. The molecule has 2 aromatic heterocycles. The summed E-state index contributed by atoms with van der Waals surface area (Å²) in [5, 5.41) is 2.80. The number of alkyl halides is 3. The summed E-state index contributed by atoms with van der Waals surface area (Å²) in [7, 11) is 0. The molecule has 0 bridgehead atoms. The Kier molecular flexibility index (Phi) is 4.06. The molecule has 2 heterocycles. The Morgan fingerprint density at radius 3 is 2.75 bits per heavy atom. The second-order valence-electron chi connectivity index (χ2n) is 4.08. The molecule has 108 valence electrons. The number of nitrogen functional groups attached to an aromatic ring is 1. The summed E-state index contributed by atoms with van der Waals surface area (Å²) in [6.07, 6.45) is 1.31. The van der Waals surface area contributed by atoms with Crippen LogP contribution in [0.2, 0.25) is 0 Å². The Balaban J connectivity index is 1.91. The lowest BCUT2D eigenvalue weighted by atomic mass is 10.3. The lowest BCUT2D eigenvalue weighted by Crippen LogP contribution is -2.14. The number of imidazole rings is 1. The minimum absolute atomic E-state index is 0.0652. The quantitative estimate of drug-likeness (QED) is 0.819. The van der Waals surface area contributed by atoms with Crippen LogP contribution in [0.1, 0.15) is 12.1 Å². The summed E-state index contributed by atoms with van der Waals surface area (Å²) in [5.74, 6) is -0.340. The molecule has 0 aliphatic heterocycles. The van der Waals surface area contributed by atoms with Crippen molar-refractivity contribution in [2.75, 3.05) is 17.6 Å². The molecule has 0 spiro atoms. The minimum atomic E-state index is -4.54. The molecule has 0 radical (unpaired) electrons. The first-order valence-corrected chi connectivity index (χ1v) is 5.86. The van der Waals surface area contributed by atoms with Crippen molar-refractivity contribution in [3.05, 3.63) is 30.5 Å². The van der Waals surface area contributed by atoms with E-state index in [1.165, 1.54) is 0 Å². The molecule has 20 heavy (non-hydrogen) atoms. The van der Waals surface area contributed by atoms with Gasteiger partial charge in [-0.15, -0.1) is 0 Å². The standard InChI is InChI=1S/C11H13F3N6/c12-11(13,14)8-6-9(19-10(15)18-8)17-2-1-4-20-5-3-16-7-20/h3,5-7H,1-2,4H2,(H3,15,17,18,19). The van der Waals surface area contributed by atoms with Gasteiger partial charge in [-0.1, -0.05) is 0 Å². The van der Waals surface area contributed by atoms with Crippen molar-refractivity contribution in [1.82, 2.24) is 19.5 Å². The highest BCUT2D eigenvalue weighted by Gasteiger charge is 2.33. The molecular weight excluding hydrogens is 273 g/mol. The Bertz CT molecular complexity index is 552. The molecule has 0 unspecified atom stereocenters. The van der Waals surface area contributed by atoms with Gasteiger partial charge in [-0.2, -0.15) is 18.2 Å². The fourth-order valence-electron chi connectivity index (χ4n) is 1.60. The maximum absolute atomic E-state index is 12.5. The van der Waals surface area contributed by atoms with Gasteiger partial charge >= 0.3 is 6.18 Å². The largest absolute Gasteiger partial charge is 0.433 e. The smallest absolute Gasteiger partial charge is 0.370 e. The lowest BCUT2D eigenvalue weighted by molar-refractivity contribution is -0.141. The second kappa shape index (κ2) is 5.76. The molecular formula is C11H13F3N6. The molecule has 0 saturated carbocycles. The molecule has 3 N–H and O–H groups in total. The zero-order valence-electron chi connectivity index (χ0n) is 10.4. The molecule has 2 aromatic rings. The van der Waals surface area contributed by atoms with Crippen LogP contribution in [0.3, 0.4) is 0 Å². The van der Waals surface area contributed by atoms with Gasteiger partial charge in [0.2, 0.25) is 5.95 Å². The van der Waals surface area contributed by atoms with E-state index in [1.807, 2.05) is 10.8 Å². The number of aromatic nitrogens is 4. The van der Waals surface area contributed by atoms with Crippen molar-refractivity contribution in [3.63, 3.8) is 0 Å². The highest BCUT2D eigenvalue weighted by Crippen LogP contribution is 2.29. The number of aryl methyl sites for hydroxylation is 1. The topological polar surface area (TPSA) is 81.6 Å². The van der Waals surface area contributed by atoms with Crippen molar-refractivity contribution >= 4 is 11.8 Å². The van der Waals surface area contributed by atoms with Crippen molar-refractivity contribution in [2.45, 2.75) is 19.1 Å². The second-order valence-corrected chi connectivity index (χ2v) is 4.08. The normalized spacial score (nSPS) is 11.6. The van der Waals surface area contributed by atoms with E-state index in [1.54, 1.807) is 12.5 Å². The summed E-state index contributed by atoms with van der Waals surface area (Å²) in [5.41, 5.74) is 4.21. The Hall–Kier alpha value is -2.32. The van der Waals surface area contributed by atoms with Crippen molar-refractivity contribution in [1.29, 1.82) is 0 Å². The molecule has 2 rings (SSSR count). The number of hydrogen-bond donors (Lipinski definition) is 2. The van der Waals surface area contributed by atoms with E-state index < -0.39 is 17.8 Å². The van der Waals surface area contributed by atoms with Crippen LogP contribution in [0.4, 0.5) is 24.9 Å². The summed E-state index contributed by atoms with van der Waals surface area (Å²) >= 11 is 0. The predicted molar refractivity (Wildman–Crippen MR) is 66.8 cm³/mol. The molecule has 9 heteroatoms. The van der Waals surface area contributed by atoms with Crippen LogP contribution in [0.25, 0.3) is 0 Å². The summed E-state index contributed by atoms with van der Waals surface area (Å²) in [4.78, 5) is 10.8. The molecule has 6 nitrogen and oxygen atoms in total. The Morgan fingerprint density at radius 2 is 2.10 bits per heavy atom. The van der Waals surface area contributed by atoms with E-state index in [-0.39, 0.29) is 5.82 Å². The van der Waals surface area contributed by atoms with Crippen LogP contribution >= 0.6 is 0 Å². The molecule has 0 aromatic carbocycles. The third kappa shape index (κ3) is 3.84. The van der Waals surface area contributed by atoms with Crippen molar-refractivity contribution < 1.29 is 13.2 Å². The van der Waals surface area contributed by atoms with Crippen LogP contribution in [0, 0.1) is 0 Å². The zero-order chi connectivity index (χ0) is 14.6.